The van der Waals surface area contributed by atoms with Gasteiger partial charge in [-0.25, -0.2) is 4.98 Å². The monoisotopic (exact) mass is 377 g/mol. The molecule has 1 atom stereocenters. The lowest BCUT2D eigenvalue weighted by Gasteiger charge is -2.19. The molecular formula is C19H29N4O2S+. The Morgan fingerprint density at radius 1 is 1.27 bits per heavy atom. The van der Waals surface area contributed by atoms with Gasteiger partial charge in [-0.15, -0.1) is 0 Å². The van der Waals surface area contributed by atoms with Gasteiger partial charge in [-0.2, -0.15) is 0 Å². The molecule has 1 amide bonds. The predicted molar refractivity (Wildman–Crippen MR) is 107 cm³/mol. The van der Waals surface area contributed by atoms with Gasteiger partial charge in [0.25, 0.3) is 5.56 Å². The molecule has 1 aromatic heterocycles. The number of amides is 1. The highest BCUT2D eigenvalue weighted by molar-refractivity contribution is 8.00. The van der Waals surface area contributed by atoms with Gasteiger partial charge in [0.15, 0.2) is 5.16 Å². The number of carbonyl (C=O) groups excluding carboxylic acids is 1. The van der Waals surface area contributed by atoms with Crippen LogP contribution in [-0.4, -0.2) is 46.9 Å². The van der Waals surface area contributed by atoms with Crippen molar-refractivity contribution in [3.63, 3.8) is 0 Å². The van der Waals surface area contributed by atoms with Crippen molar-refractivity contribution in [1.82, 2.24) is 14.9 Å². The fourth-order valence-corrected chi connectivity index (χ4v) is 3.80. The maximum absolute atomic E-state index is 13.0. The van der Waals surface area contributed by atoms with Crippen LogP contribution in [-0.2, 0) is 11.3 Å². The van der Waals surface area contributed by atoms with Crippen LogP contribution in [0, 0.1) is 0 Å². The molecule has 0 radical (unpaired) electrons. The zero-order chi connectivity index (χ0) is 19.1. The van der Waals surface area contributed by atoms with Crippen molar-refractivity contribution in [3.05, 3.63) is 34.6 Å². The van der Waals surface area contributed by atoms with Crippen LogP contribution in [0.25, 0.3) is 10.9 Å². The van der Waals surface area contributed by atoms with Crippen LogP contribution in [0.3, 0.4) is 0 Å². The lowest BCUT2D eigenvalue weighted by atomic mass is 10.2. The molecule has 6 nitrogen and oxygen atoms in total. The van der Waals surface area contributed by atoms with E-state index in [1.807, 2.05) is 38.1 Å². The van der Waals surface area contributed by atoms with Crippen LogP contribution >= 0.6 is 11.8 Å². The Kier molecular flexibility index (Phi) is 7.66. The van der Waals surface area contributed by atoms with Gasteiger partial charge in [-0.3, -0.25) is 14.2 Å². The number of nitrogens with one attached hydrogen (secondary N) is 2. The number of quaternary nitrogens is 1. The molecule has 2 rings (SSSR count). The molecule has 2 aromatic rings. The number of para-hydroxylation sites is 1. The largest absolute Gasteiger partial charge is 0.355 e. The summed E-state index contributed by atoms with van der Waals surface area (Å²) in [5.74, 6) is -0.0409. The number of hydrogen-bond acceptors (Lipinski definition) is 4. The zero-order valence-electron chi connectivity index (χ0n) is 16.0. The minimum atomic E-state index is -0.310. The average molecular weight is 378 g/mol. The summed E-state index contributed by atoms with van der Waals surface area (Å²) >= 11 is 1.34. The first kappa shape index (κ1) is 20.5. The summed E-state index contributed by atoms with van der Waals surface area (Å²) in [4.78, 5) is 31.2. The van der Waals surface area contributed by atoms with E-state index in [2.05, 4.69) is 24.1 Å². The van der Waals surface area contributed by atoms with E-state index in [4.69, 9.17) is 0 Å². The molecule has 7 heteroatoms. The molecule has 0 aliphatic carbocycles. The summed E-state index contributed by atoms with van der Waals surface area (Å²) in [5, 5.41) is 3.75. The van der Waals surface area contributed by atoms with Crippen molar-refractivity contribution in [3.8, 4) is 0 Å². The highest BCUT2D eigenvalue weighted by Crippen LogP contribution is 2.22. The van der Waals surface area contributed by atoms with Crippen molar-refractivity contribution in [2.24, 2.45) is 0 Å². The van der Waals surface area contributed by atoms with Crippen LogP contribution in [0.4, 0.5) is 0 Å². The molecule has 2 N–H and O–H groups in total. The number of rotatable bonds is 9. The maximum atomic E-state index is 13.0. The van der Waals surface area contributed by atoms with Crippen LogP contribution in [0.15, 0.2) is 34.2 Å². The van der Waals surface area contributed by atoms with E-state index in [1.54, 1.807) is 4.57 Å². The van der Waals surface area contributed by atoms with Gasteiger partial charge in [0.1, 0.15) is 0 Å². The van der Waals surface area contributed by atoms with E-state index in [9.17, 15) is 9.59 Å². The predicted octanol–water partition coefficient (Wildman–Crippen LogP) is 0.938. The van der Waals surface area contributed by atoms with Crippen LogP contribution in [0.1, 0.15) is 27.7 Å². The summed E-state index contributed by atoms with van der Waals surface area (Å²) < 4.78 is 1.73. The van der Waals surface area contributed by atoms with Crippen molar-refractivity contribution in [2.75, 3.05) is 26.2 Å². The first-order chi connectivity index (χ1) is 12.5. The highest BCUT2D eigenvalue weighted by Gasteiger charge is 2.19. The van der Waals surface area contributed by atoms with Gasteiger partial charge >= 0.3 is 0 Å². The minimum absolute atomic E-state index is 0.0345. The summed E-state index contributed by atoms with van der Waals surface area (Å²) in [6, 6.07) is 7.39. The van der Waals surface area contributed by atoms with Gasteiger partial charge in [0.05, 0.1) is 42.3 Å². The van der Waals surface area contributed by atoms with E-state index in [-0.39, 0.29) is 16.7 Å². The highest BCUT2D eigenvalue weighted by atomic mass is 32.2. The fourth-order valence-electron chi connectivity index (χ4n) is 2.84. The first-order valence-electron chi connectivity index (χ1n) is 9.29. The number of benzene rings is 1. The molecule has 0 saturated carbocycles. The number of fused-ring (bicyclic) bond motifs is 1. The third-order valence-electron chi connectivity index (χ3n) is 4.52. The summed E-state index contributed by atoms with van der Waals surface area (Å²) in [5.41, 5.74) is 0.641. The summed E-state index contributed by atoms with van der Waals surface area (Å²) in [7, 11) is 0. The molecule has 0 aliphatic rings. The van der Waals surface area contributed by atoms with Gasteiger partial charge < -0.3 is 10.2 Å². The Labute approximate surface area is 159 Å². The second kappa shape index (κ2) is 9.73. The molecular weight excluding hydrogens is 348 g/mol. The van der Waals surface area contributed by atoms with Crippen molar-refractivity contribution in [1.29, 1.82) is 0 Å². The zero-order valence-corrected chi connectivity index (χ0v) is 16.9. The summed E-state index contributed by atoms with van der Waals surface area (Å²) in [6.07, 6.45) is 0. The second-order valence-corrected chi connectivity index (χ2v) is 7.54. The smallest absolute Gasteiger partial charge is 0.262 e. The lowest BCUT2D eigenvalue weighted by molar-refractivity contribution is -0.897. The number of nitrogens with zero attached hydrogens (tertiary/aromatic N) is 2. The lowest BCUT2D eigenvalue weighted by Crippen LogP contribution is -3.11. The van der Waals surface area contributed by atoms with Gasteiger partial charge in [-0.05, 0) is 39.8 Å². The Hall–Kier alpha value is -1.86. The minimum Gasteiger partial charge on any atom is -0.355 e. The fraction of sp³-hybridized carbons (Fsp3) is 0.526. The van der Waals surface area contributed by atoms with Crippen molar-refractivity contribution >= 4 is 28.6 Å². The third-order valence-corrected chi connectivity index (χ3v) is 5.61. The number of hydrogen-bond donors (Lipinski definition) is 2. The molecule has 142 valence electrons. The molecule has 1 heterocycles. The van der Waals surface area contributed by atoms with E-state index in [0.717, 1.165) is 19.6 Å². The quantitative estimate of drug-likeness (QED) is 0.504. The standard InChI is InChI=1S/C19H28N4O2S/c1-5-20-17(24)14(4)26-19-21-16-11-9-8-10-15(16)18(25)23(19)13-12-22(6-2)7-3/h8-11,14H,5-7,12-13H2,1-4H3,(H,20,24)/p+1/t14-/m0/s1. The molecule has 26 heavy (non-hydrogen) atoms. The molecule has 0 spiro atoms. The van der Waals surface area contributed by atoms with E-state index in [0.29, 0.717) is 29.1 Å². The third kappa shape index (κ3) is 4.86. The van der Waals surface area contributed by atoms with Gasteiger partial charge in [0.2, 0.25) is 5.91 Å². The normalized spacial score (nSPS) is 12.5. The van der Waals surface area contributed by atoms with Crippen molar-refractivity contribution < 1.29 is 9.69 Å². The second-order valence-electron chi connectivity index (χ2n) is 6.23. The van der Waals surface area contributed by atoms with E-state index in [1.165, 1.54) is 16.7 Å². The van der Waals surface area contributed by atoms with Crippen LogP contribution < -0.4 is 15.8 Å². The number of carbonyl (C=O) groups is 1. The summed E-state index contributed by atoms with van der Waals surface area (Å²) in [6.45, 7) is 12.1. The molecule has 0 saturated heterocycles. The average Bonchev–Trinajstić information content (AvgIpc) is 2.64. The molecule has 1 aromatic carbocycles. The van der Waals surface area contributed by atoms with Gasteiger partial charge in [-0.1, -0.05) is 23.9 Å². The molecule has 0 fully saturated rings. The Bertz CT molecular complexity index is 802. The van der Waals surface area contributed by atoms with Crippen LogP contribution in [0.2, 0.25) is 0 Å². The van der Waals surface area contributed by atoms with Crippen LogP contribution in [0.5, 0.6) is 0 Å². The molecule has 0 aliphatic heterocycles. The SMILES string of the molecule is CCNC(=O)[C@H](C)Sc1nc2ccccc2c(=O)n1CC[NH+](CC)CC. The Balaban J connectivity index is 2.40. The number of aromatic nitrogens is 2. The maximum Gasteiger partial charge on any atom is 0.262 e. The molecule has 0 unspecified atom stereocenters. The topological polar surface area (TPSA) is 68.4 Å². The van der Waals surface area contributed by atoms with Crippen molar-refractivity contribution in [2.45, 2.75) is 44.6 Å². The number of likely N-dealkylation sites (N-methyl/N-ethyl adjacent to an activating group) is 1. The van der Waals surface area contributed by atoms with Gasteiger partial charge in [0, 0.05) is 6.54 Å². The number of thioether (sulfide) groups is 1. The Morgan fingerprint density at radius 2 is 1.96 bits per heavy atom. The van der Waals surface area contributed by atoms with E-state index >= 15 is 0 Å². The Morgan fingerprint density at radius 3 is 2.62 bits per heavy atom. The van der Waals surface area contributed by atoms with E-state index < -0.39 is 0 Å². The molecule has 0 bridgehead atoms. The first-order valence-corrected chi connectivity index (χ1v) is 10.2.